The van der Waals surface area contributed by atoms with Gasteiger partial charge in [-0.2, -0.15) is 4.99 Å². The summed E-state index contributed by atoms with van der Waals surface area (Å²) in [4.78, 5) is 27.9. The third-order valence-electron chi connectivity index (χ3n) is 1.55. The Kier molecular flexibility index (Phi) is 8.38. The largest absolute Gasteiger partial charge is 0.345 e. The van der Waals surface area contributed by atoms with Gasteiger partial charge in [0, 0.05) is 26.4 Å². The second-order valence-electron chi connectivity index (χ2n) is 3.32. The van der Waals surface area contributed by atoms with Crippen LogP contribution in [0.25, 0.3) is 0 Å². The quantitative estimate of drug-likeness (QED) is 0.461. The molecule has 0 aliphatic rings. The zero-order valence-corrected chi connectivity index (χ0v) is 11.4. The number of hydrogen-bond acceptors (Lipinski definition) is 3. The van der Waals surface area contributed by atoms with E-state index in [1.165, 1.54) is 16.7 Å². The zero-order valence-electron chi connectivity index (χ0n) is 10.6. The molecular formula is C11H18N4O2S. The van der Waals surface area contributed by atoms with Gasteiger partial charge in [0.1, 0.15) is 0 Å². The van der Waals surface area contributed by atoms with Crippen molar-refractivity contribution < 1.29 is 9.59 Å². The van der Waals surface area contributed by atoms with Gasteiger partial charge in [-0.3, -0.25) is 5.32 Å². The molecule has 0 aromatic heterocycles. The highest BCUT2D eigenvalue weighted by Crippen LogP contribution is 2.03. The lowest BCUT2D eigenvalue weighted by molar-refractivity contribution is 0.227. The molecule has 0 unspecified atom stereocenters. The third-order valence-corrected chi connectivity index (χ3v) is 2.41. The van der Waals surface area contributed by atoms with Gasteiger partial charge in [-0.1, -0.05) is 23.9 Å². The van der Waals surface area contributed by atoms with E-state index in [4.69, 9.17) is 0 Å². The summed E-state index contributed by atoms with van der Waals surface area (Å²) >= 11 is 1.22. The number of amidine groups is 1. The minimum atomic E-state index is -0.439. The highest BCUT2D eigenvalue weighted by Gasteiger charge is 2.09. The van der Waals surface area contributed by atoms with Crippen LogP contribution in [0.2, 0.25) is 0 Å². The standard InChI is InChI=1S/C11H18N4O2S/c1-5-7-12-9(16)13-10(18-8-6-2)14-11(17)15(3)4/h5-6H,1-2,7-8H2,3-4H3,(H2,12,13,14,16,17). The van der Waals surface area contributed by atoms with Crippen molar-refractivity contribution in [1.82, 2.24) is 15.5 Å². The minimum absolute atomic E-state index is 0.232. The van der Waals surface area contributed by atoms with E-state index in [-0.39, 0.29) is 5.17 Å². The highest BCUT2D eigenvalue weighted by molar-refractivity contribution is 8.14. The molecule has 7 heteroatoms. The third kappa shape index (κ3) is 7.50. The number of nitrogens with one attached hydrogen (secondary N) is 2. The molecular weight excluding hydrogens is 252 g/mol. The number of carbonyl (C=O) groups excluding carboxylic acids is 2. The van der Waals surface area contributed by atoms with E-state index >= 15 is 0 Å². The second-order valence-corrected chi connectivity index (χ2v) is 4.33. The van der Waals surface area contributed by atoms with Gasteiger partial charge in [0.05, 0.1) is 0 Å². The topological polar surface area (TPSA) is 73.8 Å². The molecule has 0 bridgehead atoms. The van der Waals surface area contributed by atoms with E-state index in [1.54, 1.807) is 26.2 Å². The average molecular weight is 270 g/mol. The molecule has 0 saturated carbocycles. The predicted octanol–water partition coefficient (Wildman–Crippen LogP) is 1.43. The van der Waals surface area contributed by atoms with Crippen molar-refractivity contribution in [3.05, 3.63) is 25.3 Å². The van der Waals surface area contributed by atoms with Crippen LogP contribution in [0.5, 0.6) is 0 Å². The fourth-order valence-corrected chi connectivity index (χ4v) is 1.31. The van der Waals surface area contributed by atoms with Crippen LogP contribution in [-0.2, 0) is 0 Å². The number of amides is 4. The van der Waals surface area contributed by atoms with Crippen LogP contribution >= 0.6 is 11.8 Å². The monoisotopic (exact) mass is 270 g/mol. The summed E-state index contributed by atoms with van der Waals surface area (Å²) < 4.78 is 0. The van der Waals surface area contributed by atoms with Crippen LogP contribution in [-0.4, -0.2) is 48.5 Å². The first kappa shape index (κ1) is 16.2. The van der Waals surface area contributed by atoms with Gasteiger partial charge in [0.25, 0.3) is 0 Å². The maximum atomic E-state index is 11.4. The van der Waals surface area contributed by atoms with Gasteiger partial charge in [0.15, 0.2) is 5.17 Å². The summed E-state index contributed by atoms with van der Waals surface area (Å²) in [7, 11) is 3.17. The van der Waals surface area contributed by atoms with Gasteiger partial charge in [-0.25, -0.2) is 9.59 Å². The number of rotatable bonds is 4. The molecule has 0 aromatic carbocycles. The summed E-state index contributed by atoms with van der Waals surface area (Å²) in [5, 5.41) is 5.25. The maximum absolute atomic E-state index is 11.4. The fraction of sp³-hybridized carbons (Fsp3) is 0.364. The Morgan fingerprint density at radius 3 is 2.50 bits per heavy atom. The molecule has 0 heterocycles. The first-order valence-electron chi connectivity index (χ1n) is 5.20. The normalized spacial score (nSPS) is 10.4. The van der Waals surface area contributed by atoms with Crippen LogP contribution in [0.15, 0.2) is 30.3 Å². The van der Waals surface area contributed by atoms with E-state index in [2.05, 4.69) is 28.8 Å². The van der Waals surface area contributed by atoms with Gasteiger partial charge in [0.2, 0.25) is 0 Å². The van der Waals surface area contributed by atoms with E-state index in [0.29, 0.717) is 12.3 Å². The smallest absolute Gasteiger partial charge is 0.334 e. The summed E-state index contributed by atoms with van der Waals surface area (Å²) in [6.07, 6.45) is 3.21. The molecule has 0 rings (SSSR count). The Balaban J connectivity index is 4.56. The summed E-state index contributed by atoms with van der Waals surface area (Å²) in [6, 6.07) is -0.873. The SMILES string of the molecule is C=CCNC(=O)NC(=NC(=O)N(C)C)SCC=C. The van der Waals surface area contributed by atoms with Crippen molar-refractivity contribution in [2.45, 2.75) is 0 Å². The van der Waals surface area contributed by atoms with Crippen LogP contribution < -0.4 is 10.6 Å². The molecule has 2 N–H and O–H groups in total. The van der Waals surface area contributed by atoms with E-state index in [0.717, 1.165) is 0 Å². The van der Waals surface area contributed by atoms with Crippen LogP contribution in [0, 0.1) is 0 Å². The van der Waals surface area contributed by atoms with Crippen LogP contribution in [0.3, 0.4) is 0 Å². The molecule has 6 nitrogen and oxygen atoms in total. The molecule has 4 amide bonds. The van der Waals surface area contributed by atoms with Gasteiger partial charge in [-0.15, -0.1) is 13.2 Å². The van der Waals surface area contributed by atoms with E-state index in [9.17, 15) is 9.59 Å². The Labute approximate surface area is 111 Å². The molecule has 0 fully saturated rings. The minimum Gasteiger partial charge on any atom is -0.334 e. The molecule has 18 heavy (non-hydrogen) atoms. The number of carbonyl (C=O) groups is 2. The van der Waals surface area contributed by atoms with Crippen LogP contribution in [0.1, 0.15) is 0 Å². The Bertz CT molecular complexity index is 353. The molecule has 0 aliphatic heterocycles. The molecule has 0 radical (unpaired) electrons. The van der Waals surface area contributed by atoms with Gasteiger partial charge >= 0.3 is 12.1 Å². The number of thioether (sulfide) groups is 1. The number of urea groups is 2. The predicted molar refractivity (Wildman–Crippen MR) is 75.9 cm³/mol. The first-order chi connectivity index (χ1) is 8.51. The molecule has 100 valence electrons. The fourth-order valence-electron chi connectivity index (χ4n) is 0.727. The number of aliphatic imine (C=N–C) groups is 1. The number of hydrogen-bond donors (Lipinski definition) is 2. The lowest BCUT2D eigenvalue weighted by Crippen LogP contribution is -2.39. The first-order valence-corrected chi connectivity index (χ1v) is 6.19. The summed E-state index contributed by atoms with van der Waals surface area (Å²) in [5.74, 6) is 0.543. The molecule has 0 spiro atoms. The lowest BCUT2D eigenvalue weighted by Gasteiger charge is -2.10. The van der Waals surface area contributed by atoms with Crippen molar-refractivity contribution in [1.29, 1.82) is 0 Å². The average Bonchev–Trinajstić information content (AvgIpc) is 2.33. The number of nitrogens with zero attached hydrogens (tertiary/aromatic N) is 2. The Morgan fingerprint density at radius 1 is 1.33 bits per heavy atom. The lowest BCUT2D eigenvalue weighted by atomic mass is 10.6. The Hall–Kier alpha value is -1.76. The van der Waals surface area contributed by atoms with Gasteiger partial charge < -0.3 is 10.2 Å². The molecule has 0 aromatic rings. The second kappa shape index (κ2) is 9.29. The van der Waals surface area contributed by atoms with Gasteiger partial charge in [-0.05, 0) is 0 Å². The molecule has 0 saturated heterocycles. The summed E-state index contributed by atoms with van der Waals surface area (Å²) in [6.45, 7) is 7.38. The highest BCUT2D eigenvalue weighted by atomic mass is 32.2. The van der Waals surface area contributed by atoms with Crippen molar-refractivity contribution in [3.63, 3.8) is 0 Å². The van der Waals surface area contributed by atoms with Crippen LogP contribution in [0.4, 0.5) is 9.59 Å². The van der Waals surface area contributed by atoms with E-state index in [1.807, 2.05) is 0 Å². The summed E-state index contributed by atoms with van der Waals surface area (Å²) in [5.41, 5.74) is 0. The molecule has 0 atom stereocenters. The van der Waals surface area contributed by atoms with Crippen molar-refractivity contribution >= 4 is 29.0 Å². The van der Waals surface area contributed by atoms with Crippen molar-refractivity contribution in [2.75, 3.05) is 26.4 Å². The molecule has 0 aliphatic carbocycles. The maximum Gasteiger partial charge on any atom is 0.345 e. The van der Waals surface area contributed by atoms with E-state index < -0.39 is 12.1 Å². The zero-order chi connectivity index (χ0) is 14.0. The Morgan fingerprint density at radius 2 is 2.00 bits per heavy atom. The van der Waals surface area contributed by atoms with Crippen molar-refractivity contribution in [3.8, 4) is 0 Å². The van der Waals surface area contributed by atoms with Crippen molar-refractivity contribution in [2.24, 2.45) is 4.99 Å².